The third kappa shape index (κ3) is 6.60. The maximum Gasteiger partial charge on any atom is 0.407 e. The van der Waals surface area contributed by atoms with Crippen LogP contribution in [0.4, 0.5) is 4.79 Å². The molecule has 0 radical (unpaired) electrons. The molecule has 0 spiro atoms. The highest BCUT2D eigenvalue weighted by molar-refractivity contribution is 5.68. The Balaban J connectivity index is 2.39. The van der Waals surface area contributed by atoms with Gasteiger partial charge in [0.1, 0.15) is 5.60 Å². The van der Waals surface area contributed by atoms with Crippen molar-refractivity contribution >= 4 is 6.09 Å². The number of nitrogens with one attached hydrogen (secondary N) is 2. The largest absolute Gasteiger partial charge is 0.444 e. The summed E-state index contributed by atoms with van der Waals surface area (Å²) >= 11 is 0. The van der Waals surface area contributed by atoms with Gasteiger partial charge in [-0.25, -0.2) is 4.79 Å². The van der Waals surface area contributed by atoms with Crippen molar-refractivity contribution in [3.8, 4) is 0 Å². The molecule has 0 heterocycles. The molecule has 118 valence electrons. The molecule has 0 aromatic rings. The van der Waals surface area contributed by atoms with E-state index in [0.717, 1.165) is 12.8 Å². The summed E-state index contributed by atoms with van der Waals surface area (Å²) in [6.45, 7) is 10.1. The Bertz CT molecular complexity index is 299. The average molecular weight is 284 g/mol. The molecule has 3 atom stereocenters. The fourth-order valence-corrected chi connectivity index (χ4v) is 2.75. The SMILES string of the molecule is CCCCC(C)NC1CCCC1NC(=O)OC(C)(C)C. The summed E-state index contributed by atoms with van der Waals surface area (Å²) in [6, 6.07) is 1.10. The van der Waals surface area contributed by atoms with E-state index in [4.69, 9.17) is 4.74 Å². The molecule has 0 saturated heterocycles. The van der Waals surface area contributed by atoms with Crippen LogP contribution in [0.25, 0.3) is 0 Å². The first-order valence-electron chi connectivity index (χ1n) is 8.07. The molecule has 4 heteroatoms. The van der Waals surface area contributed by atoms with Gasteiger partial charge in [0, 0.05) is 18.1 Å². The van der Waals surface area contributed by atoms with Crippen molar-refractivity contribution in [2.45, 2.75) is 96.9 Å². The first-order valence-corrected chi connectivity index (χ1v) is 8.07. The van der Waals surface area contributed by atoms with Crippen LogP contribution in [-0.4, -0.2) is 29.8 Å². The zero-order valence-electron chi connectivity index (χ0n) is 13.8. The van der Waals surface area contributed by atoms with Gasteiger partial charge >= 0.3 is 6.09 Å². The number of unbranched alkanes of at least 4 members (excludes halogenated alkanes) is 1. The van der Waals surface area contributed by atoms with E-state index in [-0.39, 0.29) is 12.1 Å². The van der Waals surface area contributed by atoms with Gasteiger partial charge in [-0.05, 0) is 53.4 Å². The smallest absolute Gasteiger partial charge is 0.407 e. The quantitative estimate of drug-likeness (QED) is 0.783. The van der Waals surface area contributed by atoms with Crippen molar-refractivity contribution in [2.24, 2.45) is 0 Å². The van der Waals surface area contributed by atoms with Crippen LogP contribution in [0, 0.1) is 0 Å². The van der Waals surface area contributed by atoms with E-state index in [1.807, 2.05) is 20.8 Å². The van der Waals surface area contributed by atoms with Crippen LogP contribution in [0.2, 0.25) is 0 Å². The predicted molar refractivity (Wildman–Crippen MR) is 82.9 cm³/mol. The van der Waals surface area contributed by atoms with Gasteiger partial charge in [-0.1, -0.05) is 19.8 Å². The third-order valence-corrected chi connectivity index (χ3v) is 3.71. The number of ether oxygens (including phenoxy) is 1. The lowest BCUT2D eigenvalue weighted by Gasteiger charge is -2.27. The Morgan fingerprint density at radius 1 is 1.30 bits per heavy atom. The van der Waals surface area contributed by atoms with E-state index in [0.29, 0.717) is 12.1 Å². The summed E-state index contributed by atoms with van der Waals surface area (Å²) in [5, 5.41) is 6.68. The van der Waals surface area contributed by atoms with Crippen molar-refractivity contribution < 1.29 is 9.53 Å². The van der Waals surface area contributed by atoms with Gasteiger partial charge < -0.3 is 15.4 Å². The maximum absolute atomic E-state index is 11.9. The first kappa shape index (κ1) is 17.3. The zero-order chi connectivity index (χ0) is 15.2. The van der Waals surface area contributed by atoms with Crippen LogP contribution in [0.15, 0.2) is 0 Å². The molecule has 0 bridgehead atoms. The van der Waals surface area contributed by atoms with Gasteiger partial charge in [0.25, 0.3) is 0 Å². The molecule has 1 saturated carbocycles. The highest BCUT2D eigenvalue weighted by Crippen LogP contribution is 2.21. The molecule has 1 rings (SSSR count). The van der Waals surface area contributed by atoms with Gasteiger partial charge in [-0.15, -0.1) is 0 Å². The number of alkyl carbamates (subject to hydrolysis) is 1. The molecule has 20 heavy (non-hydrogen) atoms. The van der Waals surface area contributed by atoms with Crippen LogP contribution >= 0.6 is 0 Å². The summed E-state index contributed by atoms with van der Waals surface area (Å²) in [7, 11) is 0. The van der Waals surface area contributed by atoms with E-state index >= 15 is 0 Å². The third-order valence-electron chi connectivity index (χ3n) is 3.71. The Hall–Kier alpha value is -0.770. The highest BCUT2D eigenvalue weighted by atomic mass is 16.6. The molecule has 1 amide bonds. The number of rotatable bonds is 6. The number of hydrogen-bond donors (Lipinski definition) is 2. The van der Waals surface area contributed by atoms with E-state index in [1.54, 1.807) is 0 Å². The van der Waals surface area contributed by atoms with Crippen LogP contribution in [0.1, 0.15) is 73.1 Å². The molecule has 0 aromatic carbocycles. The molecule has 1 fully saturated rings. The van der Waals surface area contributed by atoms with Gasteiger partial charge in [0.2, 0.25) is 0 Å². The molecular weight excluding hydrogens is 252 g/mol. The van der Waals surface area contributed by atoms with E-state index in [1.165, 1.54) is 25.7 Å². The maximum atomic E-state index is 11.9. The fraction of sp³-hybridized carbons (Fsp3) is 0.938. The van der Waals surface area contributed by atoms with E-state index in [9.17, 15) is 4.79 Å². The number of amides is 1. The Morgan fingerprint density at radius 2 is 1.95 bits per heavy atom. The van der Waals surface area contributed by atoms with Crippen molar-refractivity contribution in [2.75, 3.05) is 0 Å². The van der Waals surface area contributed by atoms with Crippen molar-refractivity contribution in [3.63, 3.8) is 0 Å². The second kappa shape index (κ2) is 7.87. The lowest BCUT2D eigenvalue weighted by molar-refractivity contribution is 0.0497. The lowest BCUT2D eigenvalue weighted by atomic mass is 10.1. The Kier molecular flexibility index (Phi) is 6.80. The van der Waals surface area contributed by atoms with Gasteiger partial charge in [-0.2, -0.15) is 0 Å². The first-order chi connectivity index (χ1) is 9.31. The Labute approximate surface area is 124 Å². The summed E-state index contributed by atoms with van der Waals surface area (Å²) in [6.07, 6.45) is 6.73. The predicted octanol–water partition coefficient (Wildman–Crippen LogP) is 3.60. The van der Waals surface area contributed by atoms with Crippen molar-refractivity contribution in [1.82, 2.24) is 10.6 Å². The van der Waals surface area contributed by atoms with E-state index < -0.39 is 5.60 Å². The second-order valence-electron chi connectivity index (χ2n) is 7.00. The van der Waals surface area contributed by atoms with Crippen LogP contribution in [0.5, 0.6) is 0 Å². The topological polar surface area (TPSA) is 50.4 Å². The molecule has 1 aliphatic rings. The monoisotopic (exact) mass is 284 g/mol. The summed E-state index contributed by atoms with van der Waals surface area (Å²) in [4.78, 5) is 11.9. The molecule has 2 N–H and O–H groups in total. The second-order valence-corrected chi connectivity index (χ2v) is 7.00. The van der Waals surface area contributed by atoms with Gasteiger partial charge in [0.05, 0.1) is 0 Å². The molecule has 0 aliphatic heterocycles. The standard InChI is InChI=1S/C16H32N2O2/c1-6-7-9-12(2)17-13-10-8-11-14(13)18-15(19)20-16(3,4)5/h12-14,17H,6-11H2,1-5H3,(H,18,19). The van der Waals surface area contributed by atoms with Gasteiger partial charge in [0.15, 0.2) is 0 Å². The van der Waals surface area contributed by atoms with Crippen LogP contribution in [-0.2, 0) is 4.74 Å². The average Bonchev–Trinajstić information content (AvgIpc) is 2.71. The normalized spacial score (nSPS) is 24.4. The fourth-order valence-electron chi connectivity index (χ4n) is 2.75. The van der Waals surface area contributed by atoms with Gasteiger partial charge in [-0.3, -0.25) is 0 Å². The number of hydrogen-bond acceptors (Lipinski definition) is 3. The molecule has 1 aliphatic carbocycles. The van der Waals surface area contributed by atoms with Crippen molar-refractivity contribution in [1.29, 1.82) is 0 Å². The highest BCUT2D eigenvalue weighted by Gasteiger charge is 2.30. The van der Waals surface area contributed by atoms with Crippen LogP contribution in [0.3, 0.4) is 0 Å². The minimum absolute atomic E-state index is 0.203. The summed E-state index contributed by atoms with van der Waals surface area (Å²) in [5.41, 5.74) is -0.431. The van der Waals surface area contributed by atoms with E-state index in [2.05, 4.69) is 24.5 Å². The molecule has 4 nitrogen and oxygen atoms in total. The Morgan fingerprint density at radius 3 is 2.55 bits per heavy atom. The zero-order valence-corrected chi connectivity index (χ0v) is 13.8. The van der Waals surface area contributed by atoms with Crippen molar-refractivity contribution in [3.05, 3.63) is 0 Å². The number of carbonyl (C=O) groups excluding carboxylic acids is 1. The molecule has 0 aromatic heterocycles. The summed E-state index contributed by atoms with van der Waals surface area (Å²) in [5.74, 6) is 0. The summed E-state index contributed by atoms with van der Waals surface area (Å²) < 4.78 is 5.34. The minimum atomic E-state index is -0.431. The number of carbonyl (C=O) groups is 1. The lowest BCUT2D eigenvalue weighted by Crippen LogP contribution is -2.50. The molecule has 3 unspecified atom stereocenters. The minimum Gasteiger partial charge on any atom is -0.444 e. The van der Waals surface area contributed by atoms with Crippen LogP contribution < -0.4 is 10.6 Å². The molecular formula is C16H32N2O2.